The van der Waals surface area contributed by atoms with Crippen LogP contribution in [-0.4, -0.2) is 82.2 Å². The lowest BCUT2D eigenvalue weighted by molar-refractivity contribution is -0.138. The molecule has 9 nitrogen and oxygen atoms in total. The van der Waals surface area contributed by atoms with E-state index in [0.717, 1.165) is 56.2 Å². The van der Waals surface area contributed by atoms with Crippen LogP contribution in [0.4, 0.5) is 23.9 Å². The highest BCUT2D eigenvalue weighted by atomic mass is 19.4. The van der Waals surface area contributed by atoms with Crippen molar-refractivity contribution in [3.63, 3.8) is 0 Å². The molecule has 0 spiro atoms. The Bertz CT molecular complexity index is 1020. The Balaban J connectivity index is 1.28. The molecule has 0 unspecified atom stereocenters. The van der Waals surface area contributed by atoms with Gasteiger partial charge in [-0.1, -0.05) is 0 Å². The number of aromatic nitrogens is 3. The molecular formula is C24H32F3N7O2. The second-order valence-electron chi connectivity index (χ2n) is 9.47. The van der Waals surface area contributed by atoms with Crippen LogP contribution in [0.5, 0.6) is 5.75 Å². The van der Waals surface area contributed by atoms with Crippen LogP contribution in [0.3, 0.4) is 0 Å². The van der Waals surface area contributed by atoms with Gasteiger partial charge in [-0.2, -0.15) is 13.2 Å². The maximum Gasteiger partial charge on any atom is 0.419 e. The van der Waals surface area contributed by atoms with Crippen LogP contribution >= 0.6 is 0 Å². The molecule has 0 saturated carbocycles. The van der Waals surface area contributed by atoms with Crippen LogP contribution in [0.2, 0.25) is 0 Å². The van der Waals surface area contributed by atoms with E-state index in [0.29, 0.717) is 13.1 Å². The lowest BCUT2D eigenvalue weighted by atomic mass is 10.0. The zero-order valence-electron chi connectivity index (χ0n) is 20.7. The average molecular weight is 508 g/mol. The molecule has 0 aromatic carbocycles. The summed E-state index contributed by atoms with van der Waals surface area (Å²) in [4.78, 5) is 31.0. The fourth-order valence-electron chi connectivity index (χ4n) is 4.97. The lowest BCUT2D eigenvalue weighted by Crippen LogP contribution is -2.62. The van der Waals surface area contributed by atoms with Gasteiger partial charge in [0.1, 0.15) is 5.75 Å². The number of amides is 2. The molecule has 2 fully saturated rings. The number of carbonyl (C=O) groups excluding carboxylic acids is 1. The third-order valence-electron chi connectivity index (χ3n) is 6.80. The number of rotatable bonds is 5. The zero-order chi connectivity index (χ0) is 25.9. The normalized spacial score (nSPS) is 21.9. The van der Waals surface area contributed by atoms with Crippen LogP contribution in [0.25, 0.3) is 0 Å². The van der Waals surface area contributed by atoms with Gasteiger partial charge in [0.2, 0.25) is 5.95 Å². The van der Waals surface area contributed by atoms with Crippen molar-refractivity contribution in [3.05, 3.63) is 42.0 Å². The Kier molecular flexibility index (Phi) is 7.82. The van der Waals surface area contributed by atoms with Crippen LogP contribution < -0.4 is 15.0 Å². The van der Waals surface area contributed by atoms with E-state index >= 15 is 0 Å². The van der Waals surface area contributed by atoms with E-state index in [4.69, 9.17) is 4.74 Å². The predicted octanol–water partition coefficient (Wildman–Crippen LogP) is 3.17. The van der Waals surface area contributed by atoms with Gasteiger partial charge in [-0.25, -0.2) is 14.8 Å². The van der Waals surface area contributed by atoms with Crippen molar-refractivity contribution >= 4 is 12.0 Å². The zero-order valence-corrected chi connectivity index (χ0v) is 20.7. The van der Waals surface area contributed by atoms with Gasteiger partial charge < -0.3 is 19.9 Å². The van der Waals surface area contributed by atoms with Gasteiger partial charge >= 0.3 is 12.2 Å². The number of methoxy groups -OCH3 is 1. The van der Waals surface area contributed by atoms with Gasteiger partial charge in [-0.05, 0) is 32.8 Å². The molecule has 0 aliphatic carbocycles. The van der Waals surface area contributed by atoms with Crippen LogP contribution in [-0.2, 0) is 12.7 Å². The van der Waals surface area contributed by atoms with Gasteiger partial charge in [-0.3, -0.25) is 9.88 Å². The summed E-state index contributed by atoms with van der Waals surface area (Å²) in [7, 11) is 1.64. The SMILES string of the molecule is COc1cnccc1CN1CCC(NC(=O)N2[C@H](C)CN(c3ncc(C(F)(F)F)cn3)C[C@@H]2C)CC1. The van der Waals surface area contributed by atoms with E-state index < -0.39 is 11.7 Å². The molecule has 0 radical (unpaired) electrons. The minimum Gasteiger partial charge on any atom is -0.495 e. The first-order chi connectivity index (χ1) is 17.2. The van der Waals surface area contributed by atoms with Crippen molar-refractivity contribution in [2.45, 2.75) is 57.5 Å². The molecule has 196 valence electrons. The molecule has 2 aliphatic heterocycles. The number of urea groups is 1. The topological polar surface area (TPSA) is 86.7 Å². The van der Waals surface area contributed by atoms with E-state index in [-0.39, 0.29) is 30.1 Å². The van der Waals surface area contributed by atoms with Crippen LogP contribution in [0, 0.1) is 0 Å². The highest BCUT2D eigenvalue weighted by Gasteiger charge is 2.36. The second-order valence-corrected chi connectivity index (χ2v) is 9.47. The predicted molar refractivity (Wildman–Crippen MR) is 128 cm³/mol. The number of likely N-dealkylation sites (tertiary alicyclic amines) is 1. The molecule has 2 aliphatic rings. The number of piperidine rings is 1. The van der Waals surface area contributed by atoms with Crippen molar-refractivity contribution in [2.24, 2.45) is 0 Å². The van der Waals surface area contributed by atoms with E-state index in [1.807, 2.05) is 29.7 Å². The molecule has 1 N–H and O–H groups in total. The van der Waals surface area contributed by atoms with Crippen LogP contribution in [0.1, 0.15) is 37.8 Å². The Labute approximate surface area is 208 Å². The van der Waals surface area contributed by atoms with Crippen molar-refractivity contribution in [3.8, 4) is 5.75 Å². The van der Waals surface area contributed by atoms with E-state index in [2.05, 4.69) is 25.2 Å². The highest BCUT2D eigenvalue weighted by Crippen LogP contribution is 2.29. The Morgan fingerprint density at radius 1 is 1.11 bits per heavy atom. The number of hydrogen-bond acceptors (Lipinski definition) is 7. The molecule has 2 amide bonds. The van der Waals surface area contributed by atoms with Crippen molar-refractivity contribution in [1.82, 2.24) is 30.1 Å². The maximum atomic E-state index is 13.1. The lowest BCUT2D eigenvalue weighted by Gasteiger charge is -2.45. The van der Waals surface area contributed by atoms with Crippen molar-refractivity contribution in [2.75, 3.05) is 38.2 Å². The molecule has 2 atom stereocenters. The van der Waals surface area contributed by atoms with E-state index in [1.165, 1.54) is 0 Å². The molecular weight excluding hydrogens is 475 g/mol. The summed E-state index contributed by atoms with van der Waals surface area (Å²) in [6.07, 6.45) is 2.30. The summed E-state index contributed by atoms with van der Waals surface area (Å²) in [6.45, 7) is 7.23. The first-order valence-electron chi connectivity index (χ1n) is 12.1. The summed E-state index contributed by atoms with van der Waals surface area (Å²) in [5.41, 5.74) is 0.212. The first-order valence-corrected chi connectivity index (χ1v) is 12.1. The van der Waals surface area contributed by atoms with Gasteiger partial charge in [-0.15, -0.1) is 0 Å². The molecule has 2 aromatic heterocycles. The van der Waals surface area contributed by atoms with E-state index in [9.17, 15) is 18.0 Å². The van der Waals surface area contributed by atoms with Gasteiger partial charge in [0.05, 0.1) is 18.9 Å². The third-order valence-corrected chi connectivity index (χ3v) is 6.80. The molecule has 0 bridgehead atoms. The summed E-state index contributed by atoms with van der Waals surface area (Å²) < 4.78 is 43.8. The molecule has 36 heavy (non-hydrogen) atoms. The number of carbonyl (C=O) groups is 1. The summed E-state index contributed by atoms with van der Waals surface area (Å²) in [5, 5.41) is 3.19. The van der Waals surface area contributed by atoms with Crippen LogP contribution in [0.15, 0.2) is 30.9 Å². The number of piperazine rings is 1. The number of pyridine rings is 1. The van der Waals surface area contributed by atoms with Gasteiger partial charge in [0.25, 0.3) is 0 Å². The molecule has 2 saturated heterocycles. The van der Waals surface area contributed by atoms with Gasteiger partial charge in [0.15, 0.2) is 0 Å². The Hall–Kier alpha value is -3.15. The Morgan fingerprint density at radius 3 is 2.33 bits per heavy atom. The number of nitrogens with one attached hydrogen (secondary N) is 1. The number of anilines is 1. The molecule has 4 rings (SSSR count). The highest BCUT2D eigenvalue weighted by molar-refractivity contribution is 5.75. The maximum absolute atomic E-state index is 13.1. The fourth-order valence-corrected chi connectivity index (χ4v) is 4.97. The monoisotopic (exact) mass is 507 g/mol. The quantitative estimate of drug-likeness (QED) is 0.665. The molecule has 4 heterocycles. The molecule has 12 heteroatoms. The summed E-state index contributed by atoms with van der Waals surface area (Å²) >= 11 is 0. The first kappa shape index (κ1) is 25.9. The Morgan fingerprint density at radius 2 is 1.75 bits per heavy atom. The van der Waals surface area contributed by atoms with Crippen molar-refractivity contribution < 1.29 is 22.7 Å². The number of nitrogens with zero attached hydrogens (tertiary/aromatic N) is 6. The fraction of sp³-hybridized carbons (Fsp3) is 0.583. The third kappa shape index (κ3) is 5.97. The number of hydrogen-bond donors (Lipinski definition) is 1. The number of ether oxygens (including phenoxy) is 1. The largest absolute Gasteiger partial charge is 0.495 e. The van der Waals surface area contributed by atoms with Gasteiger partial charge in [0, 0.05) is 75.0 Å². The average Bonchev–Trinajstić information content (AvgIpc) is 2.84. The minimum atomic E-state index is -4.47. The number of alkyl halides is 3. The van der Waals surface area contributed by atoms with E-state index in [1.54, 1.807) is 19.5 Å². The standard InChI is InChI=1S/C24H32F3N7O2/c1-16-13-33(22-29-10-19(11-30-22)24(25,26)27)14-17(2)34(16)23(35)31-20-5-8-32(9-6-20)15-18-4-7-28-12-21(18)36-3/h4,7,10-12,16-17,20H,5-6,8-9,13-15H2,1-3H3,(H,31,35)/t16-,17+. The second kappa shape index (κ2) is 10.9. The number of halogens is 3. The smallest absolute Gasteiger partial charge is 0.419 e. The summed E-state index contributed by atoms with van der Waals surface area (Å²) in [6, 6.07) is 1.63. The summed E-state index contributed by atoms with van der Waals surface area (Å²) in [5.74, 6) is 1.01. The minimum absolute atomic E-state index is 0.0868. The molecule has 2 aromatic rings. The van der Waals surface area contributed by atoms with Crippen molar-refractivity contribution in [1.29, 1.82) is 0 Å².